The summed E-state index contributed by atoms with van der Waals surface area (Å²) in [5, 5.41) is 14.2. The molecule has 2 aromatic rings. The highest BCUT2D eigenvalue weighted by molar-refractivity contribution is 5.69. The molecular weight excluding hydrogens is 406 g/mol. The Morgan fingerprint density at radius 2 is 1.84 bits per heavy atom. The maximum atomic E-state index is 12.6. The van der Waals surface area contributed by atoms with Gasteiger partial charge >= 0.3 is 6.09 Å². The lowest BCUT2D eigenvalue weighted by molar-refractivity contribution is 0.0184. The lowest BCUT2D eigenvalue weighted by Gasteiger charge is -2.26. The van der Waals surface area contributed by atoms with Gasteiger partial charge < -0.3 is 14.4 Å². The van der Waals surface area contributed by atoms with Crippen molar-refractivity contribution in [3.63, 3.8) is 0 Å². The van der Waals surface area contributed by atoms with Gasteiger partial charge in [-0.2, -0.15) is 4.98 Å². The smallest absolute Gasteiger partial charge is 0.411 e. The average Bonchev–Trinajstić information content (AvgIpc) is 3.37. The third-order valence-electron chi connectivity index (χ3n) is 5.66. The van der Waals surface area contributed by atoms with E-state index < -0.39 is 23.8 Å². The van der Waals surface area contributed by atoms with Gasteiger partial charge in [0.2, 0.25) is 11.7 Å². The van der Waals surface area contributed by atoms with E-state index in [-0.39, 0.29) is 6.54 Å². The van der Waals surface area contributed by atoms with Crippen LogP contribution in [0.15, 0.2) is 28.8 Å². The van der Waals surface area contributed by atoms with Crippen molar-refractivity contribution in [1.82, 2.24) is 15.0 Å². The summed E-state index contributed by atoms with van der Waals surface area (Å²) >= 11 is 0. The lowest BCUT2D eigenvalue weighted by atomic mass is 10.0. The number of rotatable bonds is 9. The number of carbonyl (C=O) groups excluding carboxylic acids is 1. The zero-order valence-electron chi connectivity index (χ0n) is 19.8. The SMILES string of the molecule is CCCCCCCCc1ccc(-c2noc(C3CC(O)CN3C(=O)OC(C)(C)C)n2)cc1. The Hall–Kier alpha value is -2.41. The number of hydrogen-bond donors (Lipinski definition) is 1. The second-order valence-corrected chi connectivity index (χ2v) is 9.71. The van der Waals surface area contributed by atoms with Gasteiger partial charge in [0.05, 0.1) is 12.6 Å². The van der Waals surface area contributed by atoms with Crippen LogP contribution >= 0.6 is 0 Å². The minimum absolute atomic E-state index is 0.185. The molecular formula is C25H37N3O4. The Morgan fingerprint density at radius 1 is 1.16 bits per heavy atom. The van der Waals surface area contributed by atoms with Crippen LogP contribution in [0.4, 0.5) is 4.79 Å². The van der Waals surface area contributed by atoms with Crippen LogP contribution in [-0.2, 0) is 11.2 Å². The van der Waals surface area contributed by atoms with Crippen molar-refractivity contribution < 1.29 is 19.2 Å². The molecule has 2 atom stereocenters. The maximum absolute atomic E-state index is 12.6. The van der Waals surface area contributed by atoms with Crippen LogP contribution in [0.3, 0.4) is 0 Å². The number of ether oxygens (including phenoxy) is 1. The predicted octanol–water partition coefficient (Wildman–Crippen LogP) is 5.68. The highest BCUT2D eigenvalue weighted by Crippen LogP contribution is 2.33. The maximum Gasteiger partial charge on any atom is 0.411 e. The molecule has 1 aromatic heterocycles. The Kier molecular flexibility index (Phi) is 8.29. The van der Waals surface area contributed by atoms with E-state index in [2.05, 4.69) is 29.2 Å². The van der Waals surface area contributed by atoms with Crippen molar-refractivity contribution in [3.8, 4) is 11.4 Å². The summed E-state index contributed by atoms with van der Waals surface area (Å²) in [6.45, 7) is 7.86. The fourth-order valence-corrected chi connectivity index (χ4v) is 3.99. The average molecular weight is 444 g/mol. The number of aliphatic hydroxyl groups excluding tert-OH is 1. The van der Waals surface area contributed by atoms with E-state index in [1.807, 2.05) is 32.9 Å². The molecule has 2 unspecified atom stereocenters. The Morgan fingerprint density at radius 3 is 2.53 bits per heavy atom. The van der Waals surface area contributed by atoms with Gasteiger partial charge in [-0.25, -0.2) is 4.79 Å². The minimum atomic E-state index is -0.649. The van der Waals surface area contributed by atoms with Crippen LogP contribution in [0.2, 0.25) is 0 Å². The number of amides is 1. The summed E-state index contributed by atoms with van der Waals surface area (Å²) in [5.41, 5.74) is 1.56. The summed E-state index contributed by atoms with van der Waals surface area (Å²) in [4.78, 5) is 18.6. The van der Waals surface area contributed by atoms with Gasteiger partial charge in [0, 0.05) is 12.0 Å². The molecule has 176 valence electrons. The number of benzene rings is 1. The van der Waals surface area contributed by atoms with Crippen LogP contribution in [0, 0.1) is 0 Å². The standard InChI is InChI=1S/C25H37N3O4/c1-5-6-7-8-9-10-11-18-12-14-19(15-13-18)22-26-23(32-27-22)21-16-20(29)17-28(21)24(30)31-25(2,3)4/h12-15,20-21,29H,5-11,16-17H2,1-4H3. The molecule has 7 nitrogen and oxygen atoms in total. The number of aliphatic hydroxyl groups is 1. The van der Waals surface area contributed by atoms with E-state index >= 15 is 0 Å². The van der Waals surface area contributed by atoms with Gasteiger partial charge in [0.1, 0.15) is 11.6 Å². The highest BCUT2D eigenvalue weighted by atomic mass is 16.6. The van der Waals surface area contributed by atoms with Gasteiger partial charge in [0.15, 0.2) is 0 Å². The first-order valence-corrected chi connectivity index (χ1v) is 11.9. The molecule has 1 aliphatic heterocycles. The summed E-state index contributed by atoms with van der Waals surface area (Å²) in [5.74, 6) is 0.801. The first kappa shape index (κ1) is 24.2. The molecule has 7 heteroatoms. The van der Waals surface area contributed by atoms with Crippen molar-refractivity contribution in [2.45, 2.75) is 96.8 Å². The van der Waals surface area contributed by atoms with Crippen molar-refractivity contribution in [3.05, 3.63) is 35.7 Å². The van der Waals surface area contributed by atoms with Crippen molar-refractivity contribution in [2.75, 3.05) is 6.54 Å². The van der Waals surface area contributed by atoms with Crippen LogP contribution in [0.5, 0.6) is 0 Å². The number of likely N-dealkylation sites (tertiary alicyclic amines) is 1. The third kappa shape index (κ3) is 6.79. The first-order valence-electron chi connectivity index (χ1n) is 11.9. The molecule has 0 radical (unpaired) electrons. The van der Waals surface area contributed by atoms with Gasteiger partial charge in [-0.1, -0.05) is 68.4 Å². The summed E-state index contributed by atoms with van der Waals surface area (Å²) in [6.07, 6.45) is 8.02. The second-order valence-electron chi connectivity index (χ2n) is 9.71. The summed E-state index contributed by atoms with van der Waals surface area (Å²) in [6, 6.07) is 7.76. The molecule has 1 aromatic carbocycles. The van der Waals surface area contributed by atoms with Crippen LogP contribution in [0.1, 0.15) is 90.1 Å². The Bertz CT molecular complexity index is 857. The summed E-state index contributed by atoms with van der Waals surface area (Å²) in [7, 11) is 0. The van der Waals surface area contributed by atoms with Crippen LogP contribution in [0.25, 0.3) is 11.4 Å². The molecule has 0 bridgehead atoms. The monoisotopic (exact) mass is 443 g/mol. The minimum Gasteiger partial charge on any atom is -0.444 e. The zero-order valence-corrected chi connectivity index (χ0v) is 19.8. The van der Waals surface area contributed by atoms with E-state index in [1.54, 1.807) is 0 Å². The molecule has 1 aliphatic rings. The zero-order chi connectivity index (χ0) is 23.1. The molecule has 3 rings (SSSR count). The number of aryl methyl sites for hydroxylation is 1. The second kappa shape index (κ2) is 10.9. The van der Waals surface area contributed by atoms with Gasteiger partial charge in [-0.15, -0.1) is 0 Å². The van der Waals surface area contributed by atoms with Crippen molar-refractivity contribution in [2.24, 2.45) is 0 Å². The fourth-order valence-electron chi connectivity index (χ4n) is 3.99. The normalized spacial score (nSPS) is 18.8. The molecule has 2 heterocycles. The number of β-amino-alcohol motifs (C(OH)–C–C–N with tert-alkyl or cyclic N) is 1. The van der Waals surface area contributed by atoms with E-state index in [0.29, 0.717) is 18.1 Å². The van der Waals surface area contributed by atoms with Crippen molar-refractivity contribution in [1.29, 1.82) is 0 Å². The topological polar surface area (TPSA) is 88.7 Å². The summed E-state index contributed by atoms with van der Waals surface area (Å²) < 4.78 is 11.0. The van der Waals surface area contributed by atoms with Gasteiger partial charge in [-0.3, -0.25) is 4.90 Å². The molecule has 1 fully saturated rings. The number of nitrogens with zero attached hydrogens (tertiary/aromatic N) is 3. The Labute approximate surface area is 191 Å². The van der Waals surface area contributed by atoms with E-state index in [4.69, 9.17) is 9.26 Å². The number of unbranched alkanes of at least 4 members (excludes halogenated alkanes) is 5. The molecule has 1 N–H and O–H groups in total. The van der Waals surface area contributed by atoms with E-state index in [0.717, 1.165) is 12.0 Å². The predicted molar refractivity (Wildman–Crippen MR) is 123 cm³/mol. The molecule has 0 aliphatic carbocycles. The number of hydrogen-bond acceptors (Lipinski definition) is 6. The van der Waals surface area contributed by atoms with Crippen molar-refractivity contribution >= 4 is 6.09 Å². The van der Waals surface area contributed by atoms with E-state index in [1.165, 1.54) is 49.0 Å². The molecule has 32 heavy (non-hydrogen) atoms. The first-order chi connectivity index (χ1) is 15.3. The fraction of sp³-hybridized carbons (Fsp3) is 0.640. The third-order valence-corrected chi connectivity index (χ3v) is 5.66. The Balaban J connectivity index is 1.60. The molecule has 1 saturated heterocycles. The number of aromatic nitrogens is 2. The highest BCUT2D eigenvalue weighted by Gasteiger charge is 2.40. The van der Waals surface area contributed by atoms with E-state index in [9.17, 15) is 9.90 Å². The van der Waals surface area contributed by atoms with Crippen LogP contribution < -0.4 is 0 Å². The lowest BCUT2D eigenvalue weighted by Crippen LogP contribution is -2.37. The molecule has 0 spiro atoms. The molecule has 1 amide bonds. The van der Waals surface area contributed by atoms with Gasteiger partial charge in [-0.05, 0) is 39.2 Å². The quantitative estimate of drug-likeness (QED) is 0.501. The van der Waals surface area contributed by atoms with Crippen LogP contribution in [-0.4, -0.2) is 44.5 Å². The van der Waals surface area contributed by atoms with Gasteiger partial charge in [0.25, 0.3) is 0 Å². The number of carbonyl (C=O) groups is 1. The largest absolute Gasteiger partial charge is 0.444 e. The molecule has 0 saturated carbocycles.